The lowest BCUT2D eigenvalue weighted by atomic mass is 10.1. The van der Waals surface area contributed by atoms with E-state index in [-0.39, 0.29) is 10.7 Å². The number of hydrogen-bond donors (Lipinski definition) is 1. The third kappa shape index (κ3) is 5.70. The van der Waals surface area contributed by atoms with E-state index in [1.807, 2.05) is 0 Å². The Balaban J connectivity index is 2.19. The maximum Gasteiger partial charge on any atom is 0.241 e. The lowest BCUT2D eigenvalue weighted by Gasteiger charge is -2.24. The van der Waals surface area contributed by atoms with Crippen molar-refractivity contribution in [1.29, 1.82) is 0 Å². The van der Waals surface area contributed by atoms with Gasteiger partial charge in [-0.2, -0.15) is 0 Å². The second-order valence-electron chi connectivity index (χ2n) is 6.49. The van der Waals surface area contributed by atoms with Crippen LogP contribution < -0.4 is 23.8 Å². The van der Waals surface area contributed by atoms with Gasteiger partial charge in [0, 0.05) is 0 Å². The number of methoxy groups -OCH3 is 3. The molecule has 1 N–H and O–H groups in total. The minimum absolute atomic E-state index is 0.239. The summed E-state index contributed by atoms with van der Waals surface area (Å²) in [5.41, 5.74) is 1.04. The van der Waals surface area contributed by atoms with Crippen molar-refractivity contribution in [2.24, 2.45) is 0 Å². The van der Waals surface area contributed by atoms with Crippen LogP contribution in [0.4, 0.5) is 5.69 Å². The van der Waals surface area contributed by atoms with Gasteiger partial charge >= 0.3 is 0 Å². The van der Waals surface area contributed by atoms with Gasteiger partial charge in [0.25, 0.3) is 0 Å². The van der Waals surface area contributed by atoms with Crippen LogP contribution in [0, 0.1) is 0 Å². The van der Waals surface area contributed by atoms with Gasteiger partial charge in [-0.15, -0.1) is 0 Å². The van der Waals surface area contributed by atoms with Crippen molar-refractivity contribution >= 4 is 33.2 Å². The van der Waals surface area contributed by atoms with Gasteiger partial charge in [0.1, 0.15) is 12.3 Å². The second-order valence-corrected chi connectivity index (χ2v) is 8.81. The molecule has 0 aromatic heterocycles. The highest BCUT2D eigenvalue weighted by molar-refractivity contribution is 7.92. The highest BCUT2D eigenvalue weighted by Crippen LogP contribution is 2.31. The Morgan fingerprint density at radius 2 is 1.63 bits per heavy atom. The first kappa shape index (κ1) is 23.6. The van der Waals surface area contributed by atoms with Crippen LogP contribution in [0.2, 0.25) is 5.02 Å². The van der Waals surface area contributed by atoms with Gasteiger partial charge in [-0.05, 0) is 42.8 Å². The number of carbonyl (C=O) groups is 1. The van der Waals surface area contributed by atoms with Crippen LogP contribution in [0.5, 0.6) is 17.2 Å². The second kappa shape index (κ2) is 9.90. The molecule has 164 valence electrons. The number of carbonyl (C=O) groups excluding carboxylic acids is 1. The molecule has 1 amide bonds. The number of benzene rings is 2. The summed E-state index contributed by atoms with van der Waals surface area (Å²) in [7, 11) is 0.782. The molecule has 0 heterocycles. The quantitative estimate of drug-likeness (QED) is 0.623. The number of sulfonamides is 1. The number of nitrogens with one attached hydrogen (secondary N) is 1. The summed E-state index contributed by atoms with van der Waals surface area (Å²) >= 11 is 6.11. The highest BCUT2D eigenvalue weighted by atomic mass is 35.5. The molecule has 0 aliphatic heterocycles. The van der Waals surface area contributed by atoms with Crippen LogP contribution in [-0.2, 0) is 14.8 Å². The third-order valence-corrected chi connectivity index (χ3v) is 5.83. The Bertz CT molecular complexity index is 1010. The topological polar surface area (TPSA) is 94.2 Å². The molecule has 0 aliphatic rings. The van der Waals surface area contributed by atoms with Crippen molar-refractivity contribution in [1.82, 2.24) is 5.32 Å². The van der Waals surface area contributed by atoms with Gasteiger partial charge in [0.15, 0.2) is 11.5 Å². The van der Waals surface area contributed by atoms with Gasteiger partial charge in [-0.3, -0.25) is 9.10 Å². The van der Waals surface area contributed by atoms with Crippen molar-refractivity contribution < 1.29 is 27.4 Å². The molecular formula is C20H25ClN2O6S. The molecule has 1 atom stereocenters. The van der Waals surface area contributed by atoms with Crippen LogP contribution in [0.25, 0.3) is 0 Å². The average Bonchev–Trinajstić information content (AvgIpc) is 2.70. The van der Waals surface area contributed by atoms with Gasteiger partial charge in [-0.25, -0.2) is 8.42 Å². The standard InChI is InChI=1S/C20H25ClN2O6S/c1-13(14-6-8-18(28-3)19(10-14)29-4)22-20(24)12-23(30(5,25)26)15-7-9-17(27-2)16(21)11-15/h6-11,13H,12H2,1-5H3,(H,22,24)/t13-/m1/s1. The van der Waals surface area contributed by atoms with E-state index in [2.05, 4.69) is 5.32 Å². The molecule has 2 rings (SSSR count). The van der Waals surface area contributed by atoms with E-state index in [0.717, 1.165) is 16.1 Å². The van der Waals surface area contributed by atoms with E-state index in [1.54, 1.807) is 31.2 Å². The lowest BCUT2D eigenvalue weighted by Crippen LogP contribution is -2.41. The molecule has 0 unspecified atom stereocenters. The molecule has 0 saturated heterocycles. The zero-order valence-corrected chi connectivity index (χ0v) is 19.0. The van der Waals surface area contributed by atoms with Crippen LogP contribution in [0.3, 0.4) is 0 Å². The molecule has 0 aliphatic carbocycles. The molecule has 10 heteroatoms. The first-order chi connectivity index (χ1) is 14.1. The summed E-state index contributed by atoms with van der Waals surface area (Å²) in [6.45, 7) is 1.38. The van der Waals surface area contributed by atoms with Crippen molar-refractivity contribution in [2.45, 2.75) is 13.0 Å². The molecule has 2 aromatic carbocycles. The normalized spacial score (nSPS) is 12.1. The first-order valence-electron chi connectivity index (χ1n) is 8.93. The summed E-state index contributed by atoms with van der Waals surface area (Å²) in [5.74, 6) is 1.02. The van der Waals surface area contributed by atoms with Crippen molar-refractivity contribution in [3.8, 4) is 17.2 Å². The fraction of sp³-hybridized carbons (Fsp3) is 0.350. The molecule has 0 fully saturated rings. The summed E-state index contributed by atoms with van der Waals surface area (Å²) in [6.07, 6.45) is 1.02. The van der Waals surface area contributed by atoms with Gasteiger partial charge < -0.3 is 19.5 Å². The maximum absolute atomic E-state index is 12.6. The minimum atomic E-state index is -3.73. The zero-order chi connectivity index (χ0) is 22.5. The number of anilines is 1. The van der Waals surface area contributed by atoms with E-state index >= 15 is 0 Å². The van der Waals surface area contributed by atoms with Crippen molar-refractivity contribution in [2.75, 3.05) is 38.4 Å². The summed E-state index contributed by atoms with van der Waals surface area (Å²) in [4.78, 5) is 12.6. The molecule has 30 heavy (non-hydrogen) atoms. The largest absolute Gasteiger partial charge is 0.495 e. The van der Waals surface area contributed by atoms with Gasteiger partial charge in [0.05, 0.1) is 44.3 Å². The molecular weight excluding hydrogens is 432 g/mol. The molecule has 8 nitrogen and oxygen atoms in total. The molecule has 0 radical (unpaired) electrons. The Morgan fingerprint density at radius 1 is 1.03 bits per heavy atom. The highest BCUT2D eigenvalue weighted by Gasteiger charge is 2.23. The third-order valence-electron chi connectivity index (χ3n) is 4.40. The Labute approximate surface area is 181 Å². The summed E-state index contributed by atoms with van der Waals surface area (Å²) in [6, 6.07) is 9.39. The summed E-state index contributed by atoms with van der Waals surface area (Å²) < 4.78 is 41.1. The molecule has 0 saturated carbocycles. The van der Waals surface area contributed by atoms with Crippen LogP contribution in [-0.4, -0.2) is 48.5 Å². The monoisotopic (exact) mass is 456 g/mol. The maximum atomic E-state index is 12.6. The van der Waals surface area contributed by atoms with Crippen LogP contribution >= 0.6 is 11.6 Å². The number of nitrogens with zero attached hydrogens (tertiary/aromatic N) is 1. The van der Waals surface area contributed by atoms with Crippen LogP contribution in [0.15, 0.2) is 36.4 Å². The number of amides is 1. The lowest BCUT2D eigenvalue weighted by molar-refractivity contribution is -0.120. The van der Waals surface area contributed by atoms with E-state index in [0.29, 0.717) is 17.2 Å². The predicted octanol–water partition coefficient (Wildman–Crippen LogP) is 3.01. The number of rotatable bonds is 9. The van der Waals surface area contributed by atoms with Crippen molar-refractivity contribution in [3.63, 3.8) is 0 Å². The molecule has 2 aromatic rings. The Kier molecular flexibility index (Phi) is 7.80. The van der Waals surface area contributed by atoms with E-state index in [1.165, 1.54) is 33.5 Å². The zero-order valence-electron chi connectivity index (χ0n) is 17.4. The Morgan fingerprint density at radius 3 is 2.17 bits per heavy atom. The minimum Gasteiger partial charge on any atom is -0.495 e. The SMILES string of the molecule is COc1ccc(N(CC(=O)N[C@H](C)c2ccc(OC)c(OC)c2)S(C)(=O)=O)cc1Cl. The predicted molar refractivity (Wildman–Crippen MR) is 116 cm³/mol. The molecule has 0 bridgehead atoms. The van der Waals surface area contributed by atoms with Gasteiger partial charge in [-0.1, -0.05) is 17.7 Å². The first-order valence-corrected chi connectivity index (χ1v) is 11.2. The Hall–Kier alpha value is -2.65. The number of ether oxygens (including phenoxy) is 3. The average molecular weight is 457 g/mol. The smallest absolute Gasteiger partial charge is 0.241 e. The van der Waals surface area contributed by atoms with Crippen LogP contribution in [0.1, 0.15) is 18.5 Å². The van der Waals surface area contributed by atoms with Crippen molar-refractivity contribution in [3.05, 3.63) is 47.0 Å². The number of halogens is 1. The van der Waals surface area contributed by atoms with Gasteiger partial charge in [0.2, 0.25) is 15.9 Å². The van der Waals surface area contributed by atoms with E-state index < -0.39 is 28.5 Å². The fourth-order valence-electron chi connectivity index (χ4n) is 2.83. The fourth-order valence-corrected chi connectivity index (χ4v) is 3.93. The van der Waals surface area contributed by atoms with E-state index in [4.69, 9.17) is 25.8 Å². The van der Waals surface area contributed by atoms with E-state index in [9.17, 15) is 13.2 Å². The molecule has 0 spiro atoms. The number of hydrogen-bond acceptors (Lipinski definition) is 6. The summed E-state index contributed by atoms with van der Waals surface area (Å²) in [5, 5.41) is 3.03.